The van der Waals surface area contributed by atoms with Gasteiger partial charge in [0.25, 0.3) is 0 Å². The second-order valence-corrected chi connectivity index (χ2v) is 44.5. The van der Waals surface area contributed by atoms with Crippen molar-refractivity contribution in [1.29, 1.82) is 0 Å². The number of aromatic nitrogens is 2. The first-order valence-electron chi connectivity index (χ1n) is 36.8. The van der Waals surface area contributed by atoms with Gasteiger partial charge in [0, 0.05) is 45.7 Å². The van der Waals surface area contributed by atoms with Crippen LogP contribution < -0.4 is 5.46 Å². The highest BCUT2D eigenvalue weighted by Crippen LogP contribution is 2.46. The highest BCUT2D eigenvalue weighted by molar-refractivity contribution is 9.10. The number of rotatable bonds is 22. The van der Waals surface area contributed by atoms with E-state index in [1.165, 1.54) is 77.9 Å². The first kappa shape index (κ1) is 89.0. The standard InChI is InChI=1S/C39H59NOSi.C38H63BO3Si.C7H8BrN.2CO2/c1-14-30-25-32(27-40-26-30)35-21-20-34(24-29(35)5)39(15-2,16-3)33-19-17-31(28(4)23-33)18-22-36(37(6,7)8)41-42(12,13)38(9,10)11;1-17-38(18-2,31-22-23-32(28(4)26-31)39-41-36(11,12)37(13,14)42-39)30-21-19-29(27(3)25-30)20-24-33(34(5,6)7)40-43(15,16)35(8,9)10;1-2-6-3-7(8)5-9-4-6;2*2-1-3/h17,19-21,23-27,36H,14-16,18,22H2,1-13H3;19,21-23,25-26,33H,17-18,20,24H2,1-16H3;3-5H,2H2,1H3;;. The molecule has 100 heavy (non-hydrogen) atoms. The molecule has 1 fully saturated rings. The molecule has 14 heteroatoms. The van der Waals surface area contributed by atoms with Crippen LogP contribution in [0, 0.1) is 38.5 Å². The number of benzene rings is 4. The summed E-state index contributed by atoms with van der Waals surface area (Å²) in [6, 6.07) is 32.9. The molecular formula is C86H130BBrN2O8Si2. The fraction of sp³-hybridized carbons (Fsp3) is 0.581. The molecule has 0 aliphatic carbocycles. The van der Waals surface area contributed by atoms with Crippen LogP contribution in [0.1, 0.15) is 258 Å². The Bertz CT molecular complexity index is 3610. The summed E-state index contributed by atoms with van der Waals surface area (Å²) in [5, 5.41) is 0.420. The second-order valence-electron chi connectivity index (χ2n) is 34.1. The summed E-state index contributed by atoms with van der Waals surface area (Å²) >= 11 is 3.34. The molecule has 3 heterocycles. The van der Waals surface area contributed by atoms with Crippen LogP contribution in [0.2, 0.25) is 36.3 Å². The lowest BCUT2D eigenvalue weighted by Crippen LogP contribution is -2.47. The van der Waals surface area contributed by atoms with E-state index in [1.54, 1.807) is 6.20 Å². The number of halogens is 1. The average molecular weight is 1470 g/mol. The fourth-order valence-corrected chi connectivity index (χ4v) is 16.4. The Hall–Kier alpha value is -5.24. The van der Waals surface area contributed by atoms with Gasteiger partial charge in [-0.3, -0.25) is 9.97 Å². The summed E-state index contributed by atoms with van der Waals surface area (Å²) in [5.74, 6) is 0. The van der Waals surface area contributed by atoms with Crippen molar-refractivity contribution in [3.63, 3.8) is 0 Å². The van der Waals surface area contributed by atoms with Crippen molar-refractivity contribution in [2.75, 3.05) is 0 Å². The Kier molecular flexibility index (Phi) is 32.9. The molecular weight excluding hydrogens is 1340 g/mol. The molecule has 7 rings (SSSR count). The van der Waals surface area contributed by atoms with Gasteiger partial charge in [-0.05, 0) is 267 Å². The topological polar surface area (TPSA) is 131 Å². The fourth-order valence-electron chi connectivity index (χ4n) is 13.0. The largest absolute Gasteiger partial charge is 0.495 e. The Morgan fingerprint density at radius 1 is 0.480 bits per heavy atom. The van der Waals surface area contributed by atoms with E-state index in [0.29, 0.717) is 0 Å². The van der Waals surface area contributed by atoms with Crippen LogP contribution >= 0.6 is 15.9 Å². The summed E-state index contributed by atoms with van der Waals surface area (Å²) in [6.45, 7) is 68.7. The number of hydrogen-bond donors (Lipinski definition) is 0. The maximum atomic E-state index is 8.12. The molecule has 550 valence electrons. The molecule has 10 nitrogen and oxygen atoms in total. The molecule has 0 radical (unpaired) electrons. The monoisotopic (exact) mass is 1460 g/mol. The number of carbonyl (C=O) groups excluding carboxylic acids is 4. The minimum absolute atomic E-state index is 0.00448. The molecule has 2 unspecified atom stereocenters. The molecule has 1 saturated heterocycles. The quantitative estimate of drug-likeness (QED) is 0.0605. The van der Waals surface area contributed by atoms with Crippen molar-refractivity contribution in [2.45, 2.75) is 315 Å². The van der Waals surface area contributed by atoms with Gasteiger partial charge in [-0.15, -0.1) is 0 Å². The summed E-state index contributed by atoms with van der Waals surface area (Å²) < 4.78 is 27.9. The van der Waals surface area contributed by atoms with E-state index in [1.807, 2.05) is 18.6 Å². The van der Waals surface area contributed by atoms with E-state index in [4.69, 9.17) is 37.3 Å². The normalized spacial score (nSPS) is 14.7. The van der Waals surface area contributed by atoms with E-state index < -0.39 is 16.6 Å². The third-order valence-electron chi connectivity index (χ3n) is 22.8. The van der Waals surface area contributed by atoms with Gasteiger partial charge in [-0.1, -0.05) is 203 Å². The predicted molar refractivity (Wildman–Crippen MR) is 427 cm³/mol. The van der Waals surface area contributed by atoms with Crippen LogP contribution in [0.15, 0.2) is 114 Å². The van der Waals surface area contributed by atoms with Gasteiger partial charge in [0.1, 0.15) is 0 Å². The number of nitrogens with zero attached hydrogens (tertiary/aromatic N) is 2. The van der Waals surface area contributed by atoms with Crippen molar-refractivity contribution in [3.8, 4) is 11.1 Å². The van der Waals surface area contributed by atoms with Gasteiger partial charge < -0.3 is 18.2 Å². The van der Waals surface area contributed by atoms with Crippen LogP contribution in [0.5, 0.6) is 0 Å². The predicted octanol–water partition coefficient (Wildman–Crippen LogP) is 22.7. The van der Waals surface area contributed by atoms with Gasteiger partial charge in [0.15, 0.2) is 16.6 Å². The Morgan fingerprint density at radius 3 is 1.13 bits per heavy atom. The van der Waals surface area contributed by atoms with Crippen molar-refractivity contribution in [1.82, 2.24) is 9.97 Å². The highest BCUT2D eigenvalue weighted by Gasteiger charge is 2.52. The molecule has 0 N–H and O–H groups in total. The zero-order valence-electron chi connectivity index (χ0n) is 67.7. The molecule has 1 aliphatic rings. The first-order valence-corrected chi connectivity index (χ1v) is 43.4. The van der Waals surface area contributed by atoms with Crippen molar-refractivity contribution >= 4 is 57.4 Å². The second kappa shape index (κ2) is 37.0. The van der Waals surface area contributed by atoms with Gasteiger partial charge in [-0.2, -0.15) is 19.2 Å². The van der Waals surface area contributed by atoms with Crippen LogP contribution in [0.3, 0.4) is 0 Å². The molecule has 0 amide bonds. The number of aryl methyl sites for hydroxylation is 8. The number of hydrogen-bond acceptors (Lipinski definition) is 10. The molecule has 0 bridgehead atoms. The van der Waals surface area contributed by atoms with Crippen molar-refractivity contribution in [3.05, 3.63) is 181 Å². The van der Waals surface area contributed by atoms with Gasteiger partial charge >= 0.3 is 19.4 Å². The maximum absolute atomic E-state index is 8.12. The minimum Gasteiger partial charge on any atom is -0.413 e. The number of pyridine rings is 2. The Balaban J connectivity index is 0.000000430. The zero-order chi connectivity index (χ0) is 76.4. The van der Waals surface area contributed by atoms with E-state index >= 15 is 0 Å². The molecule has 0 saturated carbocycles. The lowest BCUT2D eigenvalue weighted by molar-refractivity contribution is -0.193. The van der Waals surface area contributed by atoms with Gasteiger partial charge in [0.05, 0.1) is 23.4 Å². The van der Waals surface area contributed by atoms with Crippen molar-refractivity contribution in [2.24, 2.45) is 10.8 Å². The summed E-state index contributed by atoms with van der Waals surface area (Å²) in [7, 11) is -4.05. The molecule has 6 aromatic rings. The third kappa shape index (κ3) is 23.1. The third-order valence-corrected chi connectivity index (χ3v) is 32.2. The summed E-state index contributed by atoms with van der Waals surface area (Å²) in [6.07, 6.45) is 19.1. The SMILES string of the molecule is CCC(CC)(c1ccc(CCC(O[Si](C)(C)C(C)(C)C)C(C)(C)C)c(C)c1)c1ccc(B2OC(C)(C)C(C)(C)O2)c(C)c1.CCc1cncc(-c2ccc(C(CC)(CC)c3ccc(CCC(O[Si](C)(C)C(C)(C)C)C(C)(C)C)c(C)c3)cc2C)c1.CCc1cncc(Br)c1.O=C=O.O=C=O. The maximum Gasteiger partial charge on any atom is 0.495 e. The highest BCUT2D eigenvalue weighted by atomic mass is 79.9. The van der Waals surface area contributed by atoms with E-state index in [2.05, 4.69) is 317 Å². The van der Waals surface area contributed by atoms with Crippen LogP contribution in [-0.4, -0.2) is 69.4 Å². The Labute approximate surface area is 618 Å². The van der Waals surface area contributed by atoms with Crippen LogP contribution in [-0.2, 0) is 73.9 Å². The smallest absolute Gasteiger partial charge is 0.413 e. The Morgan fingerprint density at radius 2 is 0.820 bits per heavy atom. The zero-order valence-corrected chi connectivity index (χ0v) is 71.3. The molecule has 4 aromatic carbocycles. The first-order chi connectivity index (χ1) is 46.1. The molecule has 0 spiro atoms. The molecule has 2 atom stereocenters. The summed E-state index contributed by atoms with van der Waals surface area (Å²) in [5.41, 5.74) is 19.5. The van der Waals surface area contributed by atoms with Gasteiger partial charge in [-0.25, -0.2) is 0 Å². The van der Waals surface area contributed by atoms with Crippen molar-refractivity contribution < 1.29 is 37.3 Å². The van der Waals surface area contributed by atoms with Crippen LogP contribution in [0.25, 0.3) is 11.1 Å². The lowest BCUT2D eigenvalue weighted by atomic mass is 9.67. The van der Waals surface area contributed by atoms with E-state index in [9.17, 15) is 0 Å². The van der Waals surface area contributed by atoms with Gasteiger partial charge in [0.2, 0.25) is 0 Å². The summed E-state index contributed by atoms with van der Waals surface area (Å²) in [4.78, 5) is 41.0. The van der Waals surface area contributed by atoms with Crippen LogP contribution in [0.4, 0.5) is 0 Å². The van der Waals surface area contributed by atoms with E-state index in [-0.39, 0.29) is 74.6 Å². The van der Waals surface area contributed by atoms with E-state index in [0.717, 1.165) is 74.1 Å². The molecule has 2 aromatic heterocycles. The minimum atomic E-state index is -1.86. The average Bonchev–Trinajstić information content (AvgIpc) is 1.37. The lowest BCUT2D eigenvalue weighted by Gasteiger charge is -2.43. The molecule has 1 aliphatic heterocycles.